The minimum atomic E-state index is -1.85. The molecule has 0 saturated heterocycles. The fourth-order valence-corrected chi connectivity index (χ4v) is 1.49. The topological polar surface area (TPSA) is 57.2 Å². The highest BCUT2D eigenvalue weighted by molar-refractivity contribution is 4.63. The smallest absolute Gasteiger partial charge is 0.335 e. The molecule has 0 aliphatic rings. The molecule has 1 N–H and O–H groups in total. The first-order valence-corrected chi connectivity index (χ1v) is 7.27. The molecule has 0 saturated carbocycles. The molecule has 0 heterocycles. The number of hydrogen-bond donors (Lipinski definition) is 1. The first-order chi connectivity index (χ1) is 9.00. The van der Waals surface area contributed by atoms with Crippen molar-refractivity contribution in [1.29, 1.82) is 0 Å². The van der Waals surface area contributed by atoms with Crippen LogP contribution in [0, 0.1) is 0 Å². The van der Waals surface area contributed by atoms with Gasteiger partial charge in [0, 0.05) is 13.2 Å². The Morgan fingerprint density at radius 1 is 1.00 bits per heavy atom. The minimum Gasteiger partial charge on any atom is -0.346 e. The van der Waals surface area contributed by atoms with E-state index in [4.69, 9.17) is 18.9 Å². The lowest BCUT2D eigenvalue weighted by atomic mass is 10.3. The van der Waals surface area contributed by atoms with Gasteiger partial charge in [-0.2, -0.15) is 0 Å². The van der Waals surface area contributed by atoms with E-state index in [0.29, 0.717) is 19.8 Å². The van der Waals surface area contributed by atoms with E-state index >= 15 is 0 Å². The van der Waals surface area contributed by atoms with E-state index in [2.05, 4.69) is 6.92 Å². The van der Waals surface area contributed by atoms with Crippen LogP contribution in [-0.2, 0) is 18.9 Å². The second kappa shape index (κ2) is 10.6. The largest absolute Gasteiger partial charge is 0.346 e. The van der Waals surface area contributed by atoms with Crippen LogP contribution < -0.4 is 0 Å². The minimum absolute atomic E-state index is 0.195. The highest BCUT2D eigenvalue weighted by atomic mass is 16.9. The zero-order valence-corrected chi connectivity index (χ0v) is 13.0. The van der Waals surface area contributed by atoms with Crippen LogP contribution >= 0.6 is 0 Å². The van der Waals surface area contributed by atoms with E-state index in [0.717, 1.165) is 19.3 Å². The van der Waals surface area contributed by atoms with E-state index in [-0.39, 0.29) is 6.10 Å². The second-order valence-corrected chi connectivity index (χ2v) is 4.66. The molecule has 0 aromatic carbocycles. The summed E-state index contributed by atoms with van der Waals surface area (Å²) in [4.78, 5) is 0. The number of unbranched alkanes of at least 4 members (excludes halogenated alkanes) is 1. The fraction of sp³-hybridized carbons (Fsp3) is 1.00. The fourth-order valence-electron chi connectivity index (χ4n) is 1.49. The summed E-state index contributed by atoms with van der Waals surface area (Å²) < 4.78 is 21.9. The highest BCUT2D eigenvalue weighted by Crippen LogP contribution is 2.22. The molecule has 5 heteroatoms. The maximum atomic E-state index is 10.5. The van der Waals surface area contributed by atoms with Crippen LogP contribution in [0.2, 0.25) is 0 Å². The molecule has 0 aliphatic carbocycles. The highest BCUT2D eigenvalue weighted by Gasteiger charge is 2.42. The summed E-state index contributed by atoms with van der Waals surface area (Å²) in [5.41, 5.74) is 0. The molecule has 2 atom stereocenters. The molecule has 0 bridgehead atoms. The Kier molecular flexibility index (Phi) is 10.5. The van der Waals surface area contributed by atoms with Crippen molar-refractivity contribution in [2.24, 2.45) is 0 Å². The van der Waals surface area contributed by atoms with Crippen molar-refractivity contribution in [3.8, 4) is 0 Å². The van der Waals surface area contributed by atoms with Gasteiger partial charge < -0.3 is 24.1 Å². The van der Waals surface area contributed by atoms with Gasteiger partial charge in [0.25, 0.3) is 0 Å². The summed E-state index contributed by atoms with van der Waals surface area (Å²) in [6, 6.07) is 0. The number of hydrogen-bond acceptors (Lipinski definition) is 5. The zero-order valence-electron chi connectivity index (χ0n) is 13.0. The van der Waals surface area contributed by atoms with Crippen molar-refractivity contribution in [2.45, 2.75) is 72.2 Å². The lowest BCUT2D eigenvalue weighted by Gasteiger charge is -2.35. The maximum Gasteiger partial charge on any atom is 0.335 e. The van der Waals surface area contributed by atoms with Crippen LogP contribution in [0.4, 0.5) is 0 Å². The lowest BCUT2D eigenvalue weighted by Crippen LogP contribution is -2.52. The zero-order chi connectivity index (χ0) is 14.7. The van der Waals surface area contributed by atoms with Gasteiger partial charge in [-0.1, -0.05) is 20.3 Å². The third kappa shape index (κ3) is 7.84. The standard InChI is InChI=1S/C14H30O5/c1-6-9-11-18-14(15,19-12(4)5)13(16-8-3)17-10-7-2/h12-13,15H,6-11H2,1-5H3. The van der Waals surface area contributed by atoms with Crippen molar-refractivity contribution in [3.63, 3.8) is 0 Å². The van der Waals surface area contributed by atoms with E-state index in [1.807, 2.05) is 27.7 Å². The van der Waals surface area contributed by atoms with E-state index in [9.17, 15) is 5.11 Å². The van der Waals surface area contributed by atoms with Crippen LogP contribution in [0.5, 0.6) is 0 Å². The van der Waals surface area contributed by atoms with Gasteiger partial charge in [-0.25, -0.2) is 0 Å². The van der Waals surface area contributed by atoms with Gasteiger partial charge in [-0.3, -0.25) is 0 Å². The Hall–Kier alpha value is -0.200. The van der Waals surface area contributed by atoms with Gasteiger partial charge in [0.1, 0.15) is 0 Å². The van der Waals surface area contributed by atoms with Crippen LogP contribution in [-0.4, -0.2) is 43.3 Å². The van der Waals surface area contributed by atoms with Crippen LogP contribution in [0.1, 0.15) is 53.9 Å². The van der Waals surface area contributed by atoms with Crippen LogP contribution in [0.25, 0.3) is 0 Å². The lowest BCUT2D eigenvalue weighted by molar-refractivity contribution is -0.449. The van der Waals surface area contributed by atoms with Gasteiger partial charge >= 0.3 is 5.97 Å². The summed E-state index contributed by atoms with van der Waals surface area (Å²) in [5, 5.41) is 10.5. The monoisotopic (exact) mass is 278 g/mol. The molecular weight excluding hydrogens is 248 g/mol. The molecule has 0 aromatic heterocycles. The molecule has 19 heavy (non-hydrogen) atoms. The summed E-state index contributed by atoms with van der Waals surface area (Å²) in [5.74, 6) is -1.85. The third-order valence-corrected chi connectivity index (χ3v) is 2.30. The first-order valence-electron chi connectivity index (χ1n) is 7.27. The molecule has 5 nitrogen and oxygen atoms in total. The van der Waals surface area contributed by atoms with Crippen molar-refractivity contribution in [3.05, 3.63) is 0 Å². The van der Waals surface area contributed by atoms with E-state index < -0.39 is 12.3 Å². The van der Waals surface area contributed by atoms with Gasteiger partial charge in [0.2, 0.25) is 6.29 Å². The third-order valence-electron chi connectivity index (χ3n) is 2.30. The van der Waals surface area contributed by atoms with Crippen molar-refractivity contribution >= 4 is 0 Å². The summed E-state index contributed by atoms with van der Waals surface area (Å²) in [6.07, 6.45) is 1.52. The summed E-state index contributed by atoms with van der Waals surface area (Å²) in [7, 11) is 0. The molecule has 116 valence electrons. The SMILES string of the molecule is CCCCOC(O)(OC(C)C)C(OCC)OCCC. The normalized spacial score (nSPS) is 16.6. The van der Waals surface area contributed by atoms with Crippen molar-refractivity contribution < 1.29 is 24.1 Å². The molecule has 0 fully saturated rings. The number of rotatable bonds is 12. The molecule has 0 rings (SSSR count). The summed E-state index contributed by atoms with van der Waals surface area (Å²) in [6.45, 7) is 10.8. The number of ether oxygens (including phenoxy) is 4. The molecular formula is C14H30O5. The Morgan fingerprint density at radius 2 is 1.68 bits per heavy atom. The predicted octanol–water partition coefficient (Wildman–Crippen LogP) is 2.66. The van der Waals surface area contributed by atoms with Crippen LogP contribution in [0.3, 0.4) is 0 Å². The molecule has 0 radical (unpaired) electrons. The van der Waals surface area contributed by atoms with Crippen LogP contribution in [0.15, 0.2) is 0 Å². The first kappa shape index (κ1) is 18.8. The quantitative estimate of drug-likeness (QED) is 0.439. The predicted molar refractivity (Wildman–Crippen MR) is 73.7 cm³/mol. The molecule has 0 aliphatic heterocycles. The molecule has 2 unspecified atom stereocenters. The Balaban J connectivity index is 4.69. The number of aliphatic hydroxyl groups is 1. The summed E-state index contributed by atoms with van der Waals surface area (Å²) >= 11 is 0. The molecule has 0 spiro atoms. The average Bonchev–Trinajstić information content (AvgIpc) is 2.33. The van der Waals surface area contributed by atoms with E-state index in [1.54, 1.807) is 0 Å². The Labute approximate surface area is 117 Å². The van der Waals surface area contributed by atoms with Gasteiger partial charge in [0.05, 0.1) is 12.7 Å². The molecule has 0 amide bonds. The maximum absolute atomic E-state index is 10.5. The van der Waals surface area contributed by atoms with Crippen molar-refractivity contribution in [2.75, 3.05) is 19.8 Å². The van der Waals surface area contributed by atoms with Gasteiger partial charge in [-0.15, -0.1) is 0 Å². The molecule has 0 aromatic rings. The van der Waals surface area contributed by atoms with Gasteiger partial charge in [0.15, 0.2) is 0 Å². The van der Waals surface area contributed by atoms with E-state index in [1.165, 1.54) is 0 Å². The average molecular weight is 278 g/mol. The second-order valence-electron chi connectivity index (χ2n) is 4.66. The Morgan fingerprint density at radius 3 is 2.16 bits per heavy atom. The Bertz CT molecular complexity index is 210. The van der Waals surface area contributed by atoms with Crippen molar-refractivity contribution in [1.82, 2.24) is 0 Å². The van der Waals surface area contributed by atoms with Gasteiger partial charge in [-0.05, 0) is 33.6 Å².